The van der Waals surface area contributed by atoms with Crippen LogP contribution in [0.3, 0.4) is 0 Å². The summed E-state index contributed by atoms with van der Waals surface area (Å²) < 4.78 is 44.5. The van der Waals surface area contributed by atoms with E-state index >= 15 is 0 Å². The maximum atomic E-state index is 12.8. The first-order chi connectivity index (χ1) is 16.3. The molecule has 0 atom stereocenters. The number of ether oxygens (including phenoxy) is 1. The number of pyridine rings is 1. The number of aryl methyl sites for hydroxylation is 1. The highest BCUT2D eigenvalue weighted by Gasteiger charge is 2.35. The fourth-order valence-corrected chi connectivity index (χ4v) is 4.61. The van der Waals surface area contributed by atoms with Crippen molar-refractivity contribution in [3.63, 3.8) is 0 Å². The third-order valence-electron chi connectivity index (χ3n) is 6.61. The van der Waals surface area contributed by atoms with E-state index in [1.807, 2.05) is 19.1 Å². The van der Waals surface area contributed by atoms with Gasteiger partial charge in [-0.3, -0.25) is 9.69 Å². The first-order valence-corrected chi connectivity index (χ1v) is 11.8. The van der Waals surface area contributed by atoms with Crippen molar-refractivity contribution in [2.45, 2.75) is 57.0 Å². The molecule has 1 aromatic carbocycles. The van der Waals surface area contributed by atoms with Crippen molar-refractivity contribution in [3.8, 4) is 5.88 Å². The molecule has 0 unspecified atom stereocenters. The number of aromatic nitrogens is 1. The SMILES string of the molecule is Cc1cccnc1OC1CCC(N2CC(NCCNC(=O)c3cccc(C(F)(F)F)c3)C2)CC1. The summed E-state index contributed by atoms with van der Waals surface area (Å²) in [5.41, 5.74) is 0.259. The smallest absolute Gasteiger partial charge is 0.416 e. The Morgan fingerprint density at radius 1 is 1.12 bits per heavy atom. The molecule has 1 aliphatic carbocycles. The summed E-state index contributed by atoms with van der Waals surface area (Å²) in [5.74, 6) is 0.238. The van der Waals surface area contributed by atoms with Gasteiger partial charge in [0.25, 0.3) is 5.91 Å². The number of nitrogens with zero attached hydrogens (tertiary/aromatic N) is 2. The Bertz CT molecular complexity index is 971. The van der Waals surface area contributed by atoms with Crippen molar-refractivity contribution < 1.29 is 22.7 Å². The van der Waals surface area contributed by atoms with E-state index in [9.17, 15) is 18.0 Å². The van der Waals surface area contributed by atoms with E-state index in [0.29, 0.717) is 25.2 Å². The molecule has 0 bridgehead atoms. The Labute approximate surface area is 197 Å². The van der Waals surface area contributed by atoms with Crippen molar-refractivity contribution in [3.05, 3.63) is 59.3 Å². The molecule has 1 saturated heterocycles. The highest BCUT2D eigenvalue weighted by atomic mass is 19.4. The third-order valence-corrected chi connectivity index (χ3v) is 6.61. The summed E-state index contributed by atoms with van der Waals surface area (Å²) in [6, 6.07) is 9.34. The zero-order valence-corrected chi connectivity index (χ0v) is 19.3. The number of carbonyl (C=O) groups is 1. The molecule has 34 heavy (non-hydrogen) atoms. The minimum atomic E-state index is -4.46. The molecule has 0 spiro atoms. The molecule has 2 aliphatic rings. The monoisotopic (exact) mass is 476 g/mol. The predicted octanol–water partition coefficient (Wildman–Crippen LogP) is 3.80. The van der Waals surface area contributed by atoms with Gasteiger partial charge in [0, 0.05) is 55.6 Å². The fourth-order valence-electron chi connectivity index (χ4n) is 4.61. The van der Waals surface area contributed by atoms with Gasteiger partial charge in [-0.25, -0.2) is 4.98 Å². The second-order valence-electron chi connectivity index (χ2n) is 9.11. The highest BCUT2D eigenvalue weighted by Crippen LogP contribution is 2.30. The van der Waals surface area contributed by atoms with E-state index in [2.05, 4.69) is 20.5 Å². The first-order valence-electron chi connectivity index (χ1n) is 11.8. The van der Waals surface area contributed by atoms with Crippen LogP contribution in [0.15, 0.2) is 42.6 Å². The van der Waals surface area contributed by atoms with Crippen LogP contribution in [-0.4, -0.2) is 60.2 Å². The molecule has 0 radical (unpaired) electrons. The van der Waals surface area contributed by atoms with E-state index in [4.69, 9.17) is 4.74 Å². The van der Waals surface area contributed by atoms with Gasteiger partial charge in [0.15, 0.2) is 0 Å². The van der Waals surface area contributed by atoms with Gasteiger partial charge in [-0.1, -0.05) is 12.1 Å². The maximum absolute atomic E-state index is 12.8. The summed E-state index contributed by atoms with van der Waals surface area (Å²) in [7, 11) is 0. The number of likely N-dealkylation sites (tertiary alicyclic amines) is 1. The second kappa shape index (κ2) is 10.7. The summed E-state index contributed by atoms with van der Waals surface area (Å²) in [4.78, 5) is 19.0. The number of alkyl halides is 3. The van der Waals surface area contributed by atoms with Crippen LogP contribution in [0.2, 0.25) is 0 Å². The topological polar surface area (TPSA) is 66.5 Å². The summed E-state index contributed by atoms with van der Waals surface area (Å²) in [6.07, 6.45) is 1.79. The normalized spacial score (nSPS) is 21.6. The highest BCUT2D eigenvalue weighted by molar-refractivity contribution is 5.94. The second-order valence-corrected chi connectivity index (χ2v) is 9.11. The zero-order valence-electron chi connectivity index (χ0n) is 19.3. The Kier molecular flexibility index (Phi) is 7.73. The molecule has 1 aromatic heterocycles. The molecule has 4 rings (SSSR count). The lowest BCUT2D eigenvalue weighted by Crippen LogP contribution is -2.62. The van der Waals surface area contributed by atoms with Crippen molar-refractivity contribution in [1.82, 2.24) is 20.5 Å². The molecule has 184 valence electrons. The van der Waals surface area contributed by atoms with Gasteiger partial charge in [-0.15, -0.1) is 0 Å². The van der Waals surface area contributed by atoms with Gasteiger partial charge in [-0.2, -0.15) is 13.2 Å². The average Bonchev–Trinajstić information content (AvgIpc) is 2.79. The van der Waals surface area contributed by atoms with Gasteiger partial charge in [0.1, 0.15) is 6.10 Å². The van der Waals surface area contributed by atoms with Crippen LogP contribution >= 0.6 is 0 Å². The minimum Gasteiger partial charge on any atom is -0.474 e. The Hall–Kier alpha value is -2.65. The third kappa shape index (κ3) is 6.27. The van der Waals surface area contributed by atoms with Crippen LogP contribution in [0.4, 0.5) is 13.2 Å². The largest absolute Gasteiger partial charge is 0.474 e. The fraction of sp³-hybridized carbons (Fsp3) is 0.520. The van der Waals surface area contributed by atoms with E-state index in [1.165, 1.54) is 12.1 Å². The zero-order chi connectivity index (χ0) is 24.1. The first kappa shape index (κ1) is 24.5. The lowest BCUT2D eigenvalue weighted by atomic mass is 9.89. The van der Waals surface area contributed by atoms with Gasteiger partial charge in [0.2, 0.25) is 5.88 Å². The van der Waals surface area contributed by atoms with Gasteiger partial charge in [0.05, 0.1) is 5.56 Å². The van der Waals surface area contributed by atoms with Crippen LogP contribution in [0, 0.1) is 6.92 Å². The van der Waals surface area contributed by atoms with Crippen LogP contribution in [-0.2, 0) is 6.18 Å². The number of halogens is 3. The predicted molar refractivity (Wildman–Crippen MR) is 123 cm³/mol. The van der Waals surface area contributed by atoms with Crippen molar-refractivity contribution in [2.24, 2.45) is 0 Å². The van der Waals surface area contributed by atoms with Crippen LogP contribution < -0.4 is 15.4 Å². The van der Waals surface area contributed by atoms with E-state index < -0.39 is 17.6 Å². The average molecular weight is 477 g/mol. The lowest BCUT2D eigenvalue weighted by Gasteiger charge is -2.46. The summed E-state index contributed by atoms with van der Waals surface area (Å²) in [6.45, 7) is 4.89. The molecule has 2 N–H and O–H groups in total. The number of amides is 1. The Balaban J connectivity index is 1.10. The Morgan fingerprint density at radius 3 is 2.59 bits per heavy atom. The van der Waals surface area contributed by atoms with Crippen molar-refractivity contribution in [1.29, 1.82) is 0 Å². The van der Waals surface area contributed by atoms with Gasteiger partial charge in [-0.05, 0) is 56.9 Å². The van der Waals surface area contributed by atoms with Crippen molar-refractivity contribution >= 4 is 5.91 Å². The minimum absolute atomic E-state index is 0.0161. The molecule has 1 saturated carbocycles. The molecule has 2 fully saturated rings. The van der Waals surface area contributed by atoms with Gasteiger partial charge < -0.3 is 15.4 Å². The molecule has 1 aliphatic heterocycles. The van der Waals surface area contributed by atoms with Crippen molar-refractivity contribution in [2.75, 3.05) is 26.2 Å². The molecule has 9 heteroatoms. The maximum Gasteiger partial charge on any atom is 0.416 e. The standard InChI is InChI=1S/C25H31F3N4O2/c1-17-4-3-11-31-24(17)34-22-9-7-21(8-10-22)32-15-20(16-32)29-12-13-30-23(33)18-5-2-6-19(14-18)25(26,27)28/h2-6,11,14,20-22,29H,7-10,12-13,15-16H2,1H3,(H,30,33). The van der Waals surface area contributed by atoms with Crippen LogP contribution in [0.25, 0.3) is 0 Å². The van der Waals surface area contributed by atoms with E-state index in [1.54, 1.807) is 6.20 Å². The number of hydrogen-bond acceptors (Lipinski definition) is 5. The molecule has 2 aromatic rings. The number of carbonyl (C=O) groups excluding carboxylic acids is 1. The lowest BCUT2D eigenvalue weighted by molar-refractivity contribution is -0.137. The molecule has 1 amide bonds. The quantitative estimate of drug-likeness (QED) is 0.568. The number of rotatable bonds is 8. The number of nitrogens with one attached hydrogen (secondary N) is 2. The molecule has 2 heterocycles. The van der Waals surface area contributed by atoms with E-state index in [0.717, 1.165) is 62.3 Å². The summed E-state index contributed by atoms with van der Waals surface area (Å²) >= 11 is 0. The molecular formula is C25H31F3N4O2. The number of hydrogen-bond donors (Lipinski definition) is 2. The van der Waals surface area contributed by atoms with Crippen LogP contribution in [0.5, 0.6) is 5.88 Å². The van der Waals surface area contributed by atoms with Gasteiger partial charge >= 0.3 is 6.18 Å². The van der Waals surface area contributed by atoms with E-state index in [-0.39, 0.29) is 11.7 Å². The molecule has 6 nitrogen and oxygen atoms in total. The Morgan fingerprint density at radius 2 is 1.88 bits per heavy atom. The molecular weight excluding hydrogens is 445 g/mol. The van der Waals surface area contributed by atoms with Crippen LogP contribution in [0.1, 0.15) is 47.2 Å². The summed E-state index contributed by atoms with van der Waals surface area (Å²) in [5, 5.41) is 6.09. The number of benzene rings is 1.